The van der Waals surface area contributed by atoms with Crippen LogP contribution in [0.4, 0.5) is 0 Å². The number of aromatic nitrogens is 1. The quantitative estimate of drug-likeness (QED) is 0.409. The van der Waals surface area contributed by atoms with Crippen LogP contribution in [0.3, 0.4) is 0 Å². The van der Waals surface area contributed by atoms with Crippen LogP contribution in [-0.2, 0) is 6.42 Å². The molecule has 2 heterocycles. The van der Waals surface area contributed by atoms with Crippen molar-refractivity contribution in [2.24, 2.45) is 0 Å². The molecule has 0 fully saturated rings. The molecule has 0 spiro atoms. The van der Waals surface area contributed by atoms with Crippen molar-refractivity contribution in [3.8, 4) is 11.5 Å². The molecule has 0 radical (unpaired) electrons. The van der Waals surface area contributed by atoms with E-state index < -0.39 is 0 Å². The molecule has 3 nitrogen and oxygen atoms in total. The van der Waals surface area contributed by atoms with Gasteiger partial charge in [0.2, 0.25) is 0 Å². The first-order valence-corrected chi connectivity index (χ1v) is 10.5. The molecule has 4 heteroatoms. The predicted molar refractivity (Wildman–Crippen MR) is 117 cm³/mol. The van der Waals surface area contributed by atoms with Crippen LogP contribution in [0.15, 0.2) is 48.5 Å². The van der Waals surface area contributed by atoms with Crippen LogP contribution in [0.1, 0.15) is 30.0 Å². The van der Waals surface area contributed by atoms with Crippen LogP contribution in [0.2, 0.25) is 0 Å². The fraction of sp³-hybridized carbons (Fsp3) is 0.208. The van der Waals surface area contributed by atoms with Gasteiger partial charge in [0.1, 0.15) is 22.6 Å². The topological polar surface area (TPSA) is 31.4 Å². The second-order valence-electron chi connectivity index (χ2n) is 7.08. The minimum absolute atomic E-state index is 0.223. The molecule has 1 aliphatic rings. The van der Waals surface area contributed by atoms with E-state index in [0.29, 0.717) is 6.61 Å². The van der Waals surface area contributed by atoms with Crippen molar-refractivity contribution < 1.29 is 9.47 Å². The molecular weight excluding hydrogens is 366 g/mol. The lowest BCUT2D eigenvalue weighted by Gasteiger charge is -2.09. The van der Waals surface area contributed by atoms with Crippen molar-refractivity contribution in [3.63, 3.8) is 0 Å². The number of hydrogen-bond donors (Lipinski definition) is 0. The monoisotopic (exact) mass is 387 g/mol. The van der Waals surface area contributed by atoms with Gasteiger partial charge in [-0.25, -0.2) is 4.98 Å². The Morgan fingerprint density at radius 3 is 2.96 bits per heavy atom. The van der Waals surface area contributed by atoms with Crippen LogP contribution in [0.5, 0.6) is 11.5 Å². The summed E-state index contributed by atoms with van der Waals surface area (Å²) in [5.74, 6) is 1.87. The highest BCUT2D eigenvalue weighted by molar-refractivity contribution is 7.19. The predicted octanol–water partition coefficient (Wildman–Crippen LogP) is 6.34. The SMILES string of the molecule is CCOc1cc2c(cc1/C=C/c1nc3c(ccc4ccccc43)s1)O[C@@H](C)C2. The van der Waals surface area contributed by atoms with Gasteiger partial charge in [-0.3, -0.25) is 0 Å². The van der Waals surface area contributed by atoms with Gasteiger partial charge < -0.3 is 9.47 Å². The molecule has 0 aliphatic carbocycles. The summed E-state index contributed by atoms with van der Waals surface area (Å²) in [5.41, 5.74) is 3.32. The normalized spacial score (nSPS) is 16.0. The number of benzene rings is 3. The van der Waals surface area contributed by atoms with Gasteiger partial charge in [0.05, 0.1) is 16.8 Å². The van der Waals surface area contributed by atoms with Crippen molar-refractivity contribution >= 4 is 44.5 Å². The summed E-state index contributed by atoms with van der Waals surface area (Å²) >= 11 is 1.71. The number of thiazole rings is 1. The molecular formula is C24H21NO2S. The maximum absolute atomic E-state index is 5.93. The van der Waals surface area contributed by atoms with Gasteiger partial charge in [0.25, 0.3) is 0 Å². The van der Waals surface area contributed by atoms with E-state index in [-0.39, 0.29) is 6.10 Å². The number of rotatable bonds is 4. The first-order valence-electron chi connectivity index (χ1n) is 9.64. The summed E-state index contributed by atoms with van der Waals surface area (Å²) in [5, 5.41) is 3.41. The van der Waals surface area contributed by atoms with Crippen molar-refractivity contribution in [1.82, 2.24) is 4.98 Å². The molecule has 0 bridgehead atoms. The van der Waals surface area contributed by atoms with E-state index >= 15 is 0 Å². The Morgan fingerprint density at radius 1 is 1.18 bits per heavy atom. The molecule has 140 valence electrons. The molecule has 0 unspecified atom stereocenters. The Labute approximate surface area is 168 Å². The largest absolute Gasteiger partial charge is 0.493 e. The molecule has 5 rings (SSSR count). The van der Waals surface area contributed by atoms with E-state index in [4.69, 9.17) is 14.5 Å². The summed E-state index contributed by atoms with van der Waals surface area (Å²) in [6, 6.07) is 16.9. The average molecular weight is 388 g/mol. The second kappa shape index (κ2) is 6.95. The van der Waals surface area contributed by atoms with Gasteiger partial charge in [-0.1, -0.05) is 30.3 Å². The van der Waals surface area contributed by atoms with Crippen LogP contribution in [0.25, 0.3) is 33.1 Å². The Kier molecular flexibility index (Phi) is 4.29. The first-order chi connectivity index (χ1) is 13.7. The summed E-state index contributed by atoms with van der Waals surface area (Å²) < 4.78 is 13.0. The smallest absolute Gasteiger partial charge is 0.127 e. The van der Waals surface area contributed by atoms with E-state index in [1.54, 1.807) is 11.3 Å². The van der Waals surface area contributed by atoms with Gasteiger partial charge in [0.15, 0.2) is 0 Å². The van der Waals surface area contributed by atoms with Gasteiger partial charge >= 0.3 is 0 Å². The Hall–Kier alpha value is -2.85. The molecule has 28 heavy (non-hydrogen) atoms. The first kappa shape index (κ1) is 17.3. The molecule has 3 aromatic carbocycles. The van der Waals surface area contributed by atoms with Gasteiger partial charge in [-0.15, -0.1) is 11.3 Å². The summed E-state index contributed by atoms with van der Waals surface area (Å²) in [7, 11) is 0. The van der Waals surface area contributed by atoms with Crippen LogP contribution in [0, 0.1) is 0 Å². The molecule has 1 aromatic heterocycles. The van der Waals surface area contributed by atoms with E-state index in [1.165, 1.54) is 21.0 Å². The molecule has 1 aliphatic heterocycles. The van der Waals surface area contributed by atoms with Crippen LogP contribution in [-0.4, -0.2) is 17.7 Å². The molecule has 0 amide bonds. The zero-order chi connectivity index (χ0) is 19.1. The van der Waals surface area contributed by atoms with Crippen molar-refractivity contribution in [2.75, 3.05) is 6.61 Å². The summed E-state index contributed by atoms with van der Waals surface area (Å²) in [6.07, 6.45) is 5.31. The lowest BCUT2D eigenvalue weighted by atomic mass is 10.1. The van der Waals surface area contributed by atoms with Gasteiger partial charge in [-0.05, 0) is 49.6 Å². The van der Waals surface area contributed by atoms with E-state index in [1.807, 2.05) is 6.92 Å². The Balaban J connectivity index is 1.54. The van der Waals surface area contributed by atoms with Crippen molar-refractivity contribution in [2.45, 2.75) is 26.4 Å². The standard InChI is InChI=1S/C24H21NO2S/c1-3-26-20-14-18-12-15(2)27-21(18)13-17(20)9-11-23-25-24-19-7-5-4-6-16(19)8-10-22(24)28-23/h4-11,13-15H,3,12H2,1-2H3/b11-9+/t15-/m0/s1. The number of hydrogen-bond acceptors (Lipinski definition) is 4. The lowest BCUT2D eigenvalue weighted by molar-refractivity contribution is 0.254. The van der Waals surface area contributed by atoms with E-state index in [9.17, 15) is 0 Å². The summed E-state index contributed by atoms with van der Waals surface area (Å²) in [6.45, 7) is 4.75. The highest BCUT2D eigenvalue weighted by atomic mass is 32.1. The Morgan fingerprint density at radius 2 is 2.07 bits per heavy atom. The number of nitrogens with zero attached hydrogens (tertiary/aromatic N) is 1. The zero-order valence-corrected chi connectivity index (χ0v) is 16.8. The van der Waals surface area contributed by atoms with Gasteiger partial charge in [0, 0.05) is 22.9 Å². The fourth-order valence-corrected chi connectivity index (χ4v) is 4.66. The van der Waals surface area contributed by atoms with Crippen molar-refractivity contribution in [1.29, 1.82) is 0 Å². The minimum atomic E-state index is 0.223. The summed E-state index contributed by atoms with van der Waals surface area (Å²) in [4.78, 5) is 4.88. The highest BCUT2D eigenvalue weighted by Gasteiger charge is 2.21. The fourth-order valence-electron chi connectivity index (χ4n) is 3.78. The molecule has 4 aromatic rings. The zero-order valence-electron chi connectivity index (χ0n) is 15.9. The highest BCUT2D eigenvalue weighted by Crippen LogP contribution is 2.36. The molecule has 1 atom stereocenters. The third-order valence-corrected chi connectivity index (χ3v) is 6.02. The number of ether oxygens (including phenoxy) is 2. The lowest BCUT2D eigenvalue weighted by Crippen LogP contribution is -2.05. The average Bonchev–Trinajstić information content (AvgIpc) is 3.28. The molecule has 0 saturated heterocycles. The van der Waals surface area contributed by atoms with Crippen LogP contribution < -0.4 is 9.47 Å². The second-order valence-corrected chi connectivity index (χ2v) is 8.14. The molecule has 0 N–H and O–H groups in total. The maximum atomic E-state index is 5.93. The van der Waals surface area contributed by atoms with E-state index in [2.05, 4.69) is 67.6 Å². The van der Waals surface area contributed by atoms with Crippen molar-refractivity contribution in [3.05, 3.63) is 64.7 Å². The molecule has 0 saturated carbocycles. The maximum Gasteiger partial charge on any atom is 0.127 e. The minimum Gasteiger partial charge on any atom is -0.493 e. The third-order valence-electron chi connectivity index (χ3n) is 5.03. The van der Waals surface area contributed by atoms with Gasteiger partial charge in [-0.2, -0.15) is 0 Å². The Bertz CT molecular complexity index is 1210. The van der Waals surface area contributed by atoms with E-state index in [0.717, 1.165) is 34.0 Å². The number of fused-ring (bicyclic) bond motifs is 4. The van der Waals surface area contributed by atoms with Crippen LogP contribution >= 0.6 is 11.3 Å². The third kappa shape index (κ3) is 3.04.